The number of carbonyl (C=O) groups is 2. The average molecular weight is 242 g/mol. The minimum absolute atomic E-state index is 0.195. The van der Waals surface area contributed by atoms with Crippen molar-refractivity contribution in [3.05, 3.63) is 0 Å². The Morgan fingerprint density at radius 3 is 1.00 bits per heavy atom. The fraction of sp³-hybridized carbons (Fsp3) is 0.846. The number of carbonyl (C=O) groups excluding carboxylic acids is 2. The van der Waals surface area contributed by atoms with Crippen LogP contribution in [-0.4, -0.2) is 11.8 Å². The summed E-state index contributed by atoms with van der Waals surface area (Å²) in [6, 6.07) is 0. The zero-order valence-electron chi connectivity index (χ0n) is 10.7. The summed E-state index contributed by atoms with van der Waals surface area (Å²) >= 11 is 0. The van der Waals surface area contributed by atoms with E-state index >= 15 is 0 Å². The Bertz CT molecular complexity index is 195. The molecule has 17 heavy (non-hydrogen) atoms. The molecule has 2 amide bonds. The Hall–Kier alpha value is -1.06. The predicted octanol–water partition coefficient (Wildman–Crippen LogP) is 2.25. The first-order valence-electron chi connectivity index (χ1n) is 6.69. The third-order valence-corrected chi connectivity index (χ3v) is 2.85. The van der Waals surface area contributed by atoms with E-state index in [1.54, 1.807) is 0 Å². The lowest BCUT2D eigenvalue weighted by molar-refractivity contribution is -0.119. The summed E-state index contributed by atoms with van der Waals surface area (Å²) in [7, 11) is 0. The molecule has 0 spiro atoms. The van der Waals surface area contributed by atoms with Crippen molar-refractivity contribution in [3.63, 3.8) is 0 Å². The van der Waals surface area contributed by atoms with Crippen LogP contribution in [0.3, 0.4) is 0 Å². The Morgan fingerprint density at radius 1 is 0.529 bits per heavy atom. The maximum atomic E-state index is 10.5. The number of amides is 2. The van der Waals surface area contributed by atoms with Crippen molar-refractivity contribution >= 4 is 11.8 Å². The molecule has 0 aromatic carbocycles. The fourth-order valence-corrected chi connectivity index (χ4v) is 1.84. The highest BCUT2D eigenvalue weighted by Crippen LogP contribution is 2.11. The lowest BCUT2D eigenvalue weighted by atomic mass is 10.1. The first kappa shape index (κ1) is 15.9. The van der Waals surface area contributed by atoms with Gasteiger partial charge in [0.1, 0.15) is 0 Å². The minimum atomic E-state index is -0.195. The van der Waals surface area contributed by atoms with Crippen LogP contribution in [-0.2, 0) is 9.59 Å². The molecule has 0 rings (SSSR count). The maximum absolute atomic E-state index is 10.5. The molecule has 0 fully saturated rings. The number of unbranched alkanes of at least 4 members (excludes halogenated alkanes) is 8. The molecule has 100 valence electrons. The second kappa shape index (κ2) is 11.4. The van der Waals surface area contributed by atoms with Crippen LogP contribution in [0.25, 0.3) is 0 Å². The highest BCUT2D eigenvalue weighted by Gasteiger charge is 1.96. The van der Waals surface area contributed by atoms with Crippen LogP contribution in [0.5, 0.6) is 0 Å². The van der Waals surface area contributed by atoms with E-state index in [1.165, 1.54) is 32.1 Å². The molecule has 0 aromatic heterocycles. The normalized spacial score (nSPS) is 10.4. The molecule has 4 nitrogen and oxygen atoms in total. The van der Waals surface area contributed by atoms with E-state index in [0.29, 0.717) is 12.8 Å². The molecule has 0 aliphatic carbocycles. The number of hydrogen-bond acceptors (Lipinski definition) is 2. The summed E-state index contributed by atoms with van der Waals surface area (Å²) in [5, 5.41) is 0. The highest BCUT2D eigenvalue weighted by atomic mass is 16.1. The molecule has 0 aromatic rings. The molecule has 0 bridgehead atoms. The molecule has 0 saturated heterocycles. The zero-order valence-corrected chi connectivity index (χ0v) is 10.7. The summed E-state index contributed by atoms with van der Waals surface area (Å²) < 4.78 is 0. The van der Waals surface area contributed by atoms with Gasteiger partial charge in [0.15, 0.2) is 0 Å². The molecule has 0 radical (unpaired) electrons. The molecule has 0 atom stereocenters. The van der Waals surface area contributed by atoms with E-state index < -0.39 is 0 Å². The summed E-state index contributed by atoms with van der Waals surface area (Å²) in [4.78, 5) is 20.9. The zero-order chi connectivity index (χ0) is 12.9. The van der Waals surface area contributed by atoms with Crippen LogP contribution >= 0.6 is 0 Å². The van der Waals surface area contributed by atoms with Crippen LogP contribution in [0, 0.1) is 0 Å². The monoisotopic (exact) mass is 242 g/mol. The molecule has 0 unspecified atom stereocenters. The number of nitrogens with two attached hydrogens (primary N) is 2. The second-order valence-electron chi connectivity index (χ2n) is 4.61. The van der Waals surface area contributed by atoms with E-state index in [4.69, 9.17) is 11.5 Å². The summed E-state index contributed by atoms with van der Waals surface area (Å²) in [6.45, 7) is 0. The molecule has 0 heterocycles. The first-order valence-corrected chi connectivity index (χ1v) is 6.69. The minimum Gasteiger partial charge on any atom is -0.370 e. The third kappa shape index (κ3) is 14.9. The van der Waals surface area contributed by atoms with Gasteiger partial charge in [-0.2, -0.15) is 0 Å². The lowest BCUT2D eigenvalue weighted by Crippen LogP contribution is -2.09. The van der Waals surface area contributed by atoms with Gasteiger partial charge in [-0.3, -0.25) is 9.59 Å². The van der Waals surface area contributed by atoms with Gasteiger partial charge < -0.3 is 11.5 Å². The van der Waals surface area contributed by atoms with Crippen LogP contribution in [0.15, 0.2) is 0 Å². The molecule has 4 N–H and O–H groups in total. The average Bonchev–Trinajstić information content (AvgIpc) is 2.25. The third-order valence-electron chi connectivity index (χ3n) is 2.85. The van der Waals surface area contributed by atoms with Gasteiger partial charge >= 0.3 is 0 Å². The standard InChI is InChI=1S/C13H26N2O2/c14-12(16)10-8-6-4-2-1-3-5-7-9-11-13(15)17/h1-11H2,(H2,14,16)(H2,15,17). The Balaban J connectivity index is 2.98. The van der Waals surface area contributed by atoms with Crippen LogP contribution in [0.1, 0.15) is 70.6 Å². The van der Waals surface area contributed by atoms with Crippen molar-refractivity contribution in [2.45, 2.75) is 70.6 Å². The van der Waals surface area contributed by atoms with Crippen molar-refractivity contribution < 1.29 is 9.59 Å². The molecular formula is C13H26N2O2. The Morgan fingerprint density at radius 2 is 0.765 bits per heavy atom. The van der Waals surface area contributed by atoms with E-state index in [9.17, 15) is 9.59 Å². The summed E-state index contributed by atoms with van der Waals surface area (Å²) in [5.41, 5.74) is 10.1. The molecule has 0 saturated carbocycles. The smallest absolute Gasteiger partial charge is 0.217 e. The number of hydrogen-bond donors (Lipinski definition) is 2. The fourth-order valence-electron chi connectivity index (χ4n) is 1.84. The van der Waals surface area contributed by atoms with E-state index in [-0.39, 0.29) is 11.8 Å². The number of primary amides is 2. The van der Waals surface area contributed by atoms with E-state index in [1.807, 2.05) is 0 Å². The second-order valence-corrected chi connectivity index (χ2v) is 4.61. The van der Waals surface area contributed by atoms with Gasteiger partial charge in [0.05, 0.1) is 0 Å². The molecular weight excluding hydrogens is 216 g/mol. The maximum Gasteiger partial charge on any atom is 0.217 e. The first-order chi connectivity index (χ1) is 8.13. The van der Waals surface area contributed by atoms with Crippen LogP contribution in [0.4, 0.5) is 0 Å². The topological polar surface area (TPSA) is 86.2 Å². The lowest BCUT2D eigenvalue weighted by Gasteiger charge is -2.01. The largest absolute Gasteiger partial charge is 0.370 e. The van der Waals surface area contributed by atoms with Crippen molar-refractivity contribution in [1.29, 1.82) is 0 Å². The van der Waals surface area contributed by atoms with E-state index in [2.05, 4.69) is 0 Å². The Kier molecular flexibility index (Phi) is 10.7. The number of rotatable bonds is 12. The molecule has 4 heteroatoms. The molecule has 0 aliphatic rings. The van der Waals surface area contributed by atoms with Gasteiger partial charge in [0, 0.05) is 12.8 Å². The SMILES string of the molecule is NC(=O)CCCCCCCCCCCC(N)=O. The van der Waals surface area contributed by atoms with Gasteiger partial charge in [-0.25, -0.2) is 0 Å². The van der Waals surface area contributed by atoms with Gasteiger partial charge in [-0.15, -0.1) is 0 Å². The van der Waals surface area contributed by atoms with Crippen molar-refractivity contribution in [2.75, 3.05) is 0 Å². The van der Waals surface area contributed by atoms with Crippen molar-refractivity contribution in [1.82, 2.24) is 0 Å². The van der Waals surface area contributed by atoms with Gasteiger partial charge in [-0.05, 0) is 12.8 Å². The van der Waals surface area contributed by atoms with E-state index in [0.717, 1.165) is 25.7 Å². The van der Waals surface area contributed by atoms with Crippen LogP contribution < -0.4 is 11.5 Å². The van der Waals surface area contributed by atoms with Gasteiger partial charge in [0.2, 0.25) is 11.8 Å². The van der Waals surface area contributed by atoms with Crippen LogP contribution in [0.2, 0.25) is 0 Å². The Labute approximate surface area is 104 Å². The summed E-state index contributed by atoms with van der Waals surface area (Å²) in [5.74, 6) is -0.390. The van der Waals surface area contributed by atoms with Crippen molar-refractivity contribution in [3.8, 4) is 0 Å². The molecule has 0 aliphatic heterocycles. The predicted molar refractivity (Wildman–Crippen MR) is 69.2 cm³/mol. The summed E-state index contributed by atoms with van der Waals surface area (Å²) in [6.07, 6.45) is 11.2. The van der Waals surface area contributed by atoms with Crippen molar-refractivity contribution in [2.24, 2.45) is 11.5 Å². The highest BCUT2D eigenvalue weighted by molar-refractivity contribution is 5.73. The van der Waals surface area contributed by atoms with Gasteiger partial charge in [-0.1, -0.05) is 44.9 Å². The van der Waals surface area contributed by atoms with Gasteiger partial charge in [0.25, 0.3) is 0 Å². The quantitative estimate of drug-likeness (QED) is 0.514.